The van der Waals surface area contributed by atoms with Crippen LogP contribution in [-0.2, 0) is 6.42 Å². The Balaban J connectivity index is 0.00000161. The van der Waals surface area contributed by atoms with E-state index in [-0.39, 0.29) is 12.4 Å². The Morgan fingerprint density at radius 2 is 1.81 bits per heavy atom. The van der Waals surface area contributed by atoms with E-state index in [9.17, 15) is 0 Å². The third-order valence-corrected chi connectivity index (χ3v) is 3.64. The predicted octanol–water partition coefficient (Wildman–Crippen LogP) is 3.38. The first-order valence-corrected chi connectivity index (χ1v) is 6.95. The second-order valence-corrected chi connectivity index (χ2v) is 5.06. The van der Waals surface area contributed by atoms with Crippen LogP contribution in [0.3, 0.4) is 0 Å². The lowest BCUT2D eigenvalue weighted by molar-refractivity contribution is 0.174. The molecule has 1 aliphatic rings. The van der Waals surface area contributed by atoms with Gasteiger partial charge in [-0.2, -0.15) is 0 Å². The molecular formula is C17H20ClNO2. The number of nitrogens with one attached hydrogen (secondary N) is 1. The molecule has 0 bridgehead atoms. The lowest BCUT2D eigenvalue weighted by Gasteiger charge is -2.17. The molecule has 0 saturated heterocycles. The van der Waals surface area contributed by atoms with Crippen LogP contribution in [0.1, 0.15) is 17.0 Å². The highest BCUT2D eigenvalue weighted by Crippen LogP contribution is 2.33. The van der Waals surface area contributed by atoms with Gasteiger partial charge >= 0.3 is 0 Å². The van der Waals surface area contributed by atoms with Gasteiger partial charge < -0.3 is 14.8 Å². The maximum absolute atomic E-state index is 5.45. The van der Waals surface area contributed by atoms with Crippen molar-refractivity contribution >= 4 is 12.4 Å². The molecule has 112 valence electrons. The Morgan fingerprint density at radius 3 is 2.57 bits per heavy atom. The minimum absolute atomic E-state index is 0. The number of hydrogen-bond donors (Lipinski definition) is 1. The molecule has 0 spiro atoms. The molecule has 3 nitrogen and oxygen atoms in total. The molecule has 2 aromatic rings. The fraction of sp³-hybridized carbons (Fsp3) is 0.294. The molecule has 21 heavy (non-hydrogen) atoms. The number of ether oxygens (including phenoxy) is 2. The minimum Gasteiger partial charge on any atom is -0.454 e. The number of halogens is 1. The van der Waals surface area contributed by atoms with Crippen LogP contribution >= 0.6 is 12.4 Å². The van der Waals surface area contributed by atoms with Gasteiger partial charge in [-0.15, -0.1) is 12.4 Å². The van der Waals surface area contributed by atoms with Crippen LogP contribution in [0.5, 0.6) is 11.5 Å². The summed E-state index contributed by atoms with van der Waals surface area (Å²) in [7, 11) is 2.00. The Hall–Kier alpha value is -1.71. The molecule has 0 aromatic heterocycles. The van der Waals surface area contributed by atoms with Crippen molar-refractivity contribution in [3.8, 4) is 11.5 Å². The Bertz CT molecular complexity index is 574. The molecule has 0 amide bonds. The van der Waals surface area contributed by atoms with Crippen molar-refractivity contribution in [3.63, 3.8) is 0 Å². The zero-order valence-corrected chi connectivity index (χ0v) is 12.9. The van der Waals surface area contributed by atoms with E-state index in [0.717, 1.165) is 24.5 Å². The van der Waals surface area contributed by atoms with E-state index < -0.39 is 0 Å². The maximum atomic E-state index is 5.45. The number of likely N-dealkylation sites (N-methyl/N-ethyl adjacent to an activating group) is 1. The molecule has 0 radical (unpaired) electrons. The molecule has 1 unspecified atom stereocenters. The number of fused-ring (bicyclic) bond motifs is 1. The summed E-state index contributed by atoms with van der Waals surface area (Å²) >= 11 is 0. The summed E-state index contributed by atoms with van der Waals surface area (Å²) in [5.41, 5.74) is 2.64. The largest absolute Gasteiger partial charge is 0.454 e. The first-order chi connectivity index (χ1) is 9.86. The van der Waals surface area contributed by atoms with Gasteiger partial charge in [0.1, 0.15) is 0 Å². The van der Waals surface area contributed by atoms with Crippen LogP contribution in [0.4, 0.5) is 0 Å². The molecule has 1 N–H and O–H groups in total. The van der Waals surface area contributed by atoms with Gasteiger partial charge in [0.25, 0.3) is 0 Å². The molecule has 1 heterocycles. The molecule has 0 saturated carbocycles. The van der Waals surface area contributed by atoms with Crippen LogP contribution < -0.4 is 14.8 Å². The summed E-state index contributed by atoms with van der Waals surface area (Å²) in [6, 6.07) is 16.8. The van der Waals surface area contributed by atoms with Crippen molar-refractivity contribution in [2.75, 3.05) is 20.4 Å². The topological polar surface area (TPSA) is 30.5 Å². The van der Waals surface area contributed by atoms with Crippen LogP contribution in [0.15, 0.2) is 48.5 Å². The highest BCUT2D eigenvalue weighted by atomic mass is 35.5. The second kappa shape index (κ2) is 7.34. The SMILES string of the molecule is CNCC(Cc1ccc2c(c1)OCO2)c1ccccc1.Cl. The van der Waals surface area contributed by atoms with E-state index in [1.165, 1.54) is 11.1 Å². The molecule has 0 fully saturated rings. The van der Waals surface area contributed by atoms with Gasteiger partial charge in [0.05, 0.1) is 0 Å². The van der Waals surface area contributed by atoms with Crippen molar-refractivity contribution in [1.82, 2.24) is 5.32 Å². The monoisotopic (exact) mass is 305 g/mol. The average molecular weight is 306 g/mol. The van der Waals surface area contributed by atoms with Gasteiger partial charge in [0.2, 0.25) is 6.79 Å². The van der Waals surface area contributed by atoms with E-state index in [4.69, 9.17) is 9.47 Å². The summed E-state index contributed by atoms with van der Waals surface area (Å²) in [6.45, 7) is 1.29. The van der Waals surface area contributed by atoms with Crippen LogP contribution in [0.25, 0.3) is 0 Å². The molecule has 1 atom stereocenters. The van der Waals surface area contributed by atoms with Gasteiger partial charge in [0, 0.05) is 12.5 Å². The van der Waals surface area contributed by atoms with Crippen LogP contribution in [0, 0.1) is 0 Å². The lowest BCUT2D eigenvalue weighted by Crippen LogP contribution is -2.19. The molecular weight excluding hydrogens is 286 g/mol. The third-order valence-electron chi connectivity index (χ3n) is 3.64. The molecule has 1 aliphatic heterocycles. The van der Waals surface area contributed by atoms with Crippen molar-refractivity contribution in [2.24, 2.45) is 0 Å². The van der Waals surface area contributed by atoms with E-state index in [0.29, 0.717) is 12.7 Å². The number of hydrogen-bond acceptors (Lipinski definition) is 3. The fourth-order valence-electron chi connectivity index (χ4n) is 2.63. The summed E-state index contributed by atoms with van der Waals surface area (Å²) in [6.07, 6.45) is 0.988. The Morgan fingerprint density at radius 1 is 1.05 bits per heavy atom. The van der Waals surface area contributed by atoms with Crippen molar-refractivity contribution in [2.45, 2.75) is 12.3 Å². The van der Waals surface area contributed by atoms with E-state index in [2.05, 4.69) is 47.8 Å². The van der Waals surface area contributed by atoms with Gasteiger partial charge in [0.15, 0.2) is 11.5 Å². The summed E-state index contributed by atoms with van der Waals surface area (Å²) in [5.74, 6) is 2.17. The second-order valence-electron chi connectivity index (χ2n) is 5.06. The van der Waals surface area contributed by atoms with E-state index >= 15 is 0 Å². The van der Waals surface area contributed by atoms with Crippen molar-refractivity contribution in [1.29, 1.82) is 0 Å². The standard InChI is InChI=1S/C17H19NO2.ClH/c1-18-11-15(14-5-3-2-4-6-14)9-13-7-8-16-17(10-13)20-12-19-16;/h2-8,10,15,18H,9,11-12H2,1H3;1H. The van der Waals surface area contributed by atoms with Crippen LogP contribution in [-0.4, -0.2) is 20.4 Å². The number of benzene rings is 2. The Kier molecular flexibility index (Phi) is 5.48. The third kappa shape index (κ3) is 3.69. The highest BCUT2D eigenvalue weighted by Gasteiger charge is 2.16. The van der Waals surface area contributed by atoms with Gasteiger partial charge in [-0.25, -0.2) is 0 Å². The smallest absolute Gasteiger partial charge is 0.231 e. The quantitative estimate of drug-likeness (QED) is 0.918. The van der Waals surface area contributed by atoms with Gasteiger partial charge in [-0.1, -0.05) is 36.4 Å². The van der Waals surface area contributed by atoms with E-state index in [1.807, 2.05) is 13.1 Å². The predicted molar refractivity (Wildman–Crippen MR) is 86.6 cm³/mol. The lowest BCUT2D eigenvalue weighted by atomic mass is 9.92. The van der Waals surface area contributed by atoms with E-state index in [1.54, 1.807) is 0 Å². The number of rotatable bonds is 5. The average Bonchev–Trinajstić information content (AvgIpc) is 2.95. The van der Waals surface area contributed by atoms with Gasteiger partial charge in [-0.05, 0) is 36.7 Å². The molecule has 3 rings (SSSR count). The van der Waals surface area contributed by atoms with Crippen LogP contribution in [0.2, 0.25) is 0 Å². The summed E-state index contributed by atoms with van der Waals surface area (Å²) < 4.78 is 10.8. The highest BCUT2D eigenvalue weighted by molar-refractivity contribution is 5.85. The Labute approximate surface area is 131 Å². The molecule has 4 heteroatoms. The molecule has 2 aromatic carbocycles. The maximum Gasteiger partial charge on any atom is 0.231 e. The van der Waals surface area contributed by atoms with Gasteiger partial charge in [-0.3, -0.25) is 0 Å². The van der Waals surface area contributed by atoms with Crippen molar-refractivity contribution < 1.29 is 9.47 Å². The first kappa shape index (κ1) is 15.7. The normalized spacial score (nSPS) is 13.6. The minimum atomic E-state index is 0. The fourth-order valence-corrected chi connectivity index (χ4v) is 2.63. The molecule has 0 aliphatic carbocycles. The summed E-state index contributed by atoms with van der Waals surface area (Å²) in [5, 5.41) is 3.28. The zero-order valence-electron chi connectivity index (χ0n) is 12.0. The van der Waals surface area contributed by atoms with Crippen molar-refractivity contribution in [3.05, 3.63) is 59.7 Å². The summed E-state index contributed by atoms with van der Waals surface area (Å²) in [4.78, 5) is 0. The zero-order chi connectivity index (χ0) is 13.8. The first-order valence-electron chi connectivity index (χ1n) is 6.95.